The molecule has 170 valence electrons. The van der Waals surface area contributed by atoms with Crippen LogP contribution in [0.5, 0.6) is 0 Å². The zero-order chi connectivity index (χ0) is 22.9. The Hall–Kier alpha value is -2.94. The molecule has 2 aliphatic rings. The van der Waals surface area contributed by atoms with Crippen LogP contribution in [0.25, 0.3) is 0 Å². The van der Waals surface area contributed by atoms with Crippen LogP contribution in [0.1, 0.15) is 42.0 Å². The number of carbonyl (C=O) groups is 2. The highest BCUT2D eigenvalue weighted by atomic mass is 35.5. The molecule has 3 aromatic rings. The number of amides is 2. The summed E-state index contributed by atoms with van der Waals surface area (Å²) in [6.45, 7) is 2.68. The summed E-state index contributed by atoms with van der Waals surface area (Å²) in [6.07, 6.45) is 1.46. The Kier molecular flexibility index (Phi) is 6.05. The molecule has 9 heteroatoms. The van der Waals surface area contributed by atoms with Gasteiger partial charge in [0.05, 0.1) is 23.0 Å². The maximum atomic E-state index is 13.4. The van der Waals surface area contributed by atoms with Crippen molar-refractivity contribution in [2.24, 2.45) is 0 Å². The number of anilines is 3. The first kappa shape index (κ1) is 21.9. The number of carbonyl (C=O) groups excluding carboxylic acids is 2. The fraction of sp³-hybridized carbons (Fsp3) is 0.292. The van der Waals surface area contributed by atoms with Gasteiger partial charge in [-0.05, 0) is 43.2 Å². The summed E-state index contributed by atoms with van der Waals surface area (Å²) in [5.74, 6) is -0.231. The van der Waals surface area contributed by atoms with Gasteiger partial charge in [0, 0.05) is 36.2 Å². The van der Waals surface area contributed by atoms with Crippen LogP contribution in [0.15, 0.2) is 53.9 Å². The number of rotatable bonds is 5. The van der Waals surface area contributed by atoms with E-state index in [0.717, 1.165) is 25.1 Å². The van der Waals surface area contributed by atoms with Gasteiger partial charge in [0.2, 0.25) is 5.91 Å². The van der Waals surface area contributed by atoms with Gasteiger partial charge in [0.1, 0.15) is 6.17 Å². The third kappa shape index (κ3) is 4.34. The van der Waals surface area contributed by atoms with Crippen LogP contribution >= 0.6 is 22.9 Å². The summed E-state index contributed by atoms with van der Waals surface area (Å²) in [5.41, 5.74) is 2.71. The van der Waals surface area contributed by atoms with E-state index in [9.17, 15) is 9.59 Å². The van der Waals surface area contributed by atoms with Crippen molar-refractivity contribution in [1.82, 2.24) is 9.88 Å². The van der Waals surface area contributed by atoms with Crippen molar-refractivity contribution >= 4 is 51.3 Å². The summed E-state index contributed by atoms with van der Waals surface area (Å²) in [6, 6.07) is 14.6. The van der Waals surface area contributed by atoms with Crippen molar-refractivity contribution in [2.75, 3.05) is 23.4 Å². The number of ether oxygens (including phenoxy) is 1. The lowest BCUT2D eigenvalue weighted by molar-refractivity contribution is -0.115. The smallest absolute Gasteiger partial charge is 0.257 e. The maximum absolute atomic E-state index is 13.4. The van der Waals surface area contributed by atoms with E-state index in [0.29, 0.717) is 33.6 Å². The van der Waals surface area contributed by atoms with Crippen molar-refractivity contribution in [1.29, 1.82) is 0 Å². The molecular weight excluding hydrogens is 460 g/mol. The number of nitrogens with one attached hydrogen (secondary N) is 1. The number of nitrogens with zero attached hydrogens (tertiary/aromatic N) is 3. The Morgan fingerprint density at radius 3 is 2.91 bits per heavy atom. The highest BCUT2D eigenvalue weighted by molar-refractivity contribution is 7.14. The van der Waals surface area contributed by atoms with Gasteiger partial charge in [-0.25, -0.2) is 4.98 Å². The Morgan fingerprint density at radius 1 is 1.30 bits per heavy atom. The molecule has 2 amide bonds. The SMILES string of the molecule is CC(=O)N(c1cccc(Cl)c1)c1nc(C2Nc3ccccc3C(=O)N2CC2CCCO2)cs1. The van der Waals surface area contributed by atoms with E-state index in [-0.39, 0.29) is 17.9 Å². The average molecular weight is 483 g/mol. The van der Waals surface area contributed by atoms with Gasteiger partial charge in [0.15, 0.2) is 5.13 Å². The Bertz CT molecular complexity index is 1190. The molecule has 5 rings (SSSR count). The summed E-state index contributed by atoms with van der Waals surface area (Å²) >= 11 is 7.50. The van der Waals surface area contributed by atoms with Crippen molar-refractivity contribution < 1.29 is 14.3 Å². The van der Waals surface area contributed by atoms with Crippen LogP contribution in [0.2, 0.25) is 5.02 Å². The molecule has 1 N–H and O–H groups in total. The quantitative estimate of drug-likeness (QED) is 0.539. The first-order chi connectivity index (χ1) is 16.0. The van der Waals surface area contributed by atoms with Gasteiger partial charge in [0.25, 0.3) is 5.91 Å². The average Bonchev–Trinajstić information content (AvgIpc) is 3.48. The van der Waals surface area contributed by atoms with Crippen molar-refractivity contribution in [3.05, 3.63) is 70.2 Å². The Labute approximate surface area is 200 Å². The molecule has 2 unspecified atom stereocenters. The molecule has 1 aromatic heterocycles. The summed E-state index contributed by atoms with van der Waals surface area (Å²) in [7, 11) is 0. The number of thiazole rings is 1. The Balaban J connectivity index is 1.50. The zero-order valence-electron chi connectivity index (χ0n) is 18.0. The van der Waals surface area contributed by atoms with Crippen molar-refractivity contribution in [3.63, 3.8) is 0 Å². The lowest BCUT2D eigenvalue weighted by atomic mass is 10.1. The number of aromatic nitrogens is 1. The number of halogens is 1. The van der Waals surface area contributed by atoms with Crippen LogP contribution < -0.4 is 10.2 Å². The van der Waals surface area contributed by atoms with Gasteiger partial charge < -0.3 is 15.0 Å². The molecule has 1 saturated heterocycles. The Morgan fingerprint density at radius 2 is 2.15 bits per heavy atom. The fourth-order valence-corrected chi connectivity index (χ4v) is 5.36. The number of hydrogen-bond acceptors (Lipinski definition) is 6. The van der Waals surface area contributed by atoms with E-state index in [1.807, 2.05) is 35.7 Å². The largest absolute Gasteiger partial charge is 0.376 e. The first-order valence-corrected chi connectivity index (χ1v) is 12.1. The third-order valence-electron chi connectivity index (χ3n) is 5.81. The van der Waals surface area contributed by atoms with Crippen LogP contribution in [0.3, 0.4) is 0 Å². The predicted octanol–water partition coefficient (Wildman–Crippen LogP) is 5.23. The number of para-hydroxylation sites is 1. The third-order valence-corrected chi connectivity index (χ3v) is 6.89. The monoisotopic (exact) mass is 482 g/mol. The van der Waals surface area contributed by atoms with E-state index in [1.165, 1.54) is 23.2 Å². The molecule has 0 saturated carbocycles. The standard InChI is InChI=1S/C24H23ClN4O3S/c1-15(30)29(17-7-4-6-16(25)12-17)24-27-21(14-33-24)22-26-20-10-3-2-9-19(20)23(31)28(22)13-18-8-5-11-32-18/h2-4,6-7,9-10,12,14,18,22,26H,5,8,11,13H2,1H3. The summed E-state index contributed by atoms with van der Waals surface area (Å²) in [5, 5.41) is 6.41. The maximum Gasteiger partial charge on any atom is 0.257 e. The minimum absolute atomic E-state index is 0.00166. The summed E-state index contributed by atoms with van der Waals surface area (Å²) < 4.78 is 5.82. The van der Waals surface area contributed by atoms with Crippen LogP contribution in [0.4, 0.5) is 16.5 Å². The van der Waals surface area contributed by atoms with Gasteiger partial charge in [-0.2, -0.15) is 0 Å². The van der Waals surface area contributed by atoms with Crippen LogP contribution in [-0.4, -0.2) is 41.0 Å². The zero-order valence-corrected chi connectivity index (χ0v) is 19.6. The van der Waals surface area contributed by atoms with Gasteiger partial charge >= 0.3 is 0 Å². The number of fused-ring (bicyclic) bond motifs is 1. The minimum atomic E-state index is -0.463. The highest BCUT2D eigenvalue weighted by Crippen LogP contribution is 2.37. The second kappa shape index (κ2) is 9.13. The first-order valence-electron chi connectivity index (χ1n) is 10.8. The molecule has 33 heavy (non-hydrogen) atoms. The van der Waals surface area contributed by atoms with E-state index in [1.54, 1.807) is 23.1 Å². The topological polar surface area (TPSA) is 74.8 Å². The molecule has 0 spiro atoms. The molecular formula is C24H23ClN4O3S. The molecule has 2 aromatic carbocycles. The normalized spacial score (nSPS) is 19.8. The molecule has 3 heterocycles. The minimum Gasteiger partial charge on any atom is -0.376 e. The number of hydrogen-bond donors (Lipinski definition) is 1. The predicted molar refractivity (Wildman–Crippen MR) is 129 cm³/mol. The van der Waals surface area contributed by atoms with E-state index in [2.05, 4.69) is 5.32 Å². The molecule has 2 aliphatic heterocycles. The fourth-order valence-electron chi connectivity index (χ4n) is 4.27. The van der Waals surface area contributed by atoms with E-state index >= 15 is 0 Å². The second-order valence-electron chi connectivity index (χ2n) is 8.07. The molecule has 1 fully saturated rings. The molecule has 2 atom stereocenters. The molecule has 0 radical (unpaired) electrons. The second-order valence-corrected chi connectivity index (χ2v) is 9.35. The molecule has 7 nitrogen and oxygen atoms in total. The van der Waals surface area contributed by atoms with Gasteiger partial charge in [-0.3, -0.25) is 14.5 Å². The molecule has 0 aliphatic carbocycles. The summed E-state index contributed by atoms with van der Waals surface area (Å²) in [4.78, 5) is 34.0. The van der Waals surface area contributed by atoms with Crippen LogP contribution in [-0.2, 0) is 9.53 Å². The van der Waals surface area contributed by atoms with E-state index < -0.39 is 6.17 Å². The van der Waals surface area contributed by atoms with Gasteiger partial charge in [-0.1, -0.05) is 29.8 Å². The van der Waals surface area contributed by atoms with Crippen molar-refractivity contribution in [2.45, 2.75) is 32.0 Å². The molecule has 0 bridgehead atoms. The lowest BCUT2D eigenvalue weighted by Gasteiger charge is -2.38. The number of benzene rings is 2. The van der Waals surface area contributed by atoms with Crippen LogP contribution in [0, 0.1) is 0 Å². The highest BCUT2D eigenvalue weighted by Gasteiger charge is 2.36. The van der Waals surface area contributed by atoms with E-state index in [4.69, 9.17) is 21.3 Å². The van der Waals surface area contributed by atoms with Crippen molar-refractivity contribution in [3.8, 4) is 0 Å². The lowest BCUT2D eigenvalue weighted by Crippen LogP contribution is -2.46. The van der Waals surface area contributed by atoms with Gasteiger partial charge in [-0.15, -0.1) is 11.3 Å².